The number of benzene rings is 1. The summed E-state index contributed by atoms with van der Waals surface area (Å²) < 4.78 is 0. The number of halogens is 1. The highest BCUT2D eigenvalue weighted by atomic mass is 35.5. The molecule has 0 radical (unpaired) electrons. The Balaban J connectivity index is 2.63. The maximum Gasteiger partial charge on any atom is 0.345 e. The molecule has 0 bridgehead atoms. The van der Waals surface area contributed by atoms with Crippen LogP contribution in [0.3, 0.4) is 0 Å². The van der Waals surface area contributed by atoms with Gasteiger partial charge in [0.05, 0.1) is 10.5 Å². The first-order chi connectivity index (χ1) is 7.72. The van der Waals surface area contributed by atoms with Crippen LogP contribution in [0.5, 0.6) is 0 Å². The van der Waals surface area contributed by atoms with E-state index in [-0.39, 0.29) is 5.69 Å². The molecule has 0 unspecified atom stereocenters. The number of hydrogen-bond acceptors (Lipinski definition) is 3. The van der Waals surface area contributed by atoms with Crippen molar-refractivity contribution in [1.82, 2.24) is 15.3 Å². The lowest BCUT2D eigenvalue weighted by Gasteiger charge is -2.06. The number of para-hydroxylation sites is 1. The van der Waals surface area contributed by atoms with E-state index in [1.807, 2.05) is 19.2 Å². The van der Waals surface area contributed by atoms with Gasteiger partial charge in [0.1, 0.15) is 0 Å². The summed E-state index contributed by atoms with van der Waals surface area (Å²) in [6.07, 6.45) is 0.741. The van der Waals surface area contributed by atoms with Gasteiger partial charge in [-0.3, -0.25) is 0 Å². The molecule has 0 aliphatic carbocycles. The Labute approximate surface area is 97.7 Å². The van der Waals surface area contributed by atoms with Gasteiger partial charge in [-0.25, -0.2) is 4.79 Å². The van der Waals surface area contributed by atoms with E-state index in [1.54, 1.807) is 6.07 Å². The van der Waals surface area contributed by atoms with Gasteiger partial charge in [0, 0.05) is 24.0 Å². The van der Waals surface area contributed by atoms with Crippen molar-refractivity contribution >= 4 is 22.5 Å². The number of aromatic nitrogens is 2. The third kappa shape index (κ3) is 2.08. The molecule has 0 aliphatic heterocycles. The Bertz CT molecular complexity index is 565. The molecule has 0 aliphatic rings. The fourth-order valence-electron chi connectivity index (χ4n) is 1.65. The number of hydrogen-bond donors (Lipinski definition) is 2. The van der Waals surface area contributed by atoms with E-state index in [4.69, 9.17) is 11.6 Å². The molecule has 2 rings (SSSR count). The molecule has 1 aromatic carbocycles. The molecular formula is C11H12ClN3O. The van der Waals surface area contributed by atoms with Gasteiger partial charge >= 0.3 is 5.69 Å². The van der Waals surface area contributed by atoms with Crippen molar-refractivity contribution in [3.8, 4) is 0 Å². The molecule has 1 aromatic heterocycles. The van der Waals surface area contributed by atoms with Crippen LogP contribution in [0.25, 0.3) is 10.9 Å². The monoisotopic (exact) mass is 237 g/mol. The second-order valence-electron chi connectivity index (χ2n) is 3.51. The molecule has 0 spiro atoms. The Morgan fingerprint density at radius 2 is 2.31 bits per heavy atom. The van der Waals surface area contributed by atoms with Crippen molar-refractivity contribution in [1.29, 1.82) is 0 Å². The smallest absolute Gasteiger partial charge is 0.319 e. The minimum atomic E-state index is -0.355. The zero-order valence-corrected chi connectivity index (χ0v) is 9.64. The first-order valence-corrected chi connectivity index (χ1v) is 5.42. The topological polar surface area (TPSA) is 57.8 Å². The van der Waals surface area contributed by atoms with Crippen molar-refractivity contribution in [2.24, 2.45) is 0 Å². The van der Waals surface area contributed by atoms with Crippen LogP contribution in [0.15, 0.2) is 23.0 Å². The highest BCUT2D eigenvalue weighted by Gasteiger charge is 2.06. The van der Waals surface area contributed by atoms with Gasteiger partial charge in [0.2, 0.25) is 0 Å². The quantitative estimate of drug-likeness (QED) is 0.847. The van der Waals surface area contributed by atoms with Crippen LogP contribution in [0.4, 0.5) is 0 Å². The molecule has 0 saturated carbocycles. The van der Waals surface area contributed by atoms with Gasteiger partial charge < -0.3 is 10.3 Å². The normalized spacial score (nSPS) is 10.9. The van der Waals surface area contributed by atoms with E-state index in [0.717, 1.165) is 24.0 Å². The number of fused-ring (bicyclic) bond motifs is 1. The van der Waals surface area contributed by atoms with Gasteiger partial charge in [0.25, 0.3) is 0 Å². The summed E-state index contributed by atoms with van der Waals surface area (Å²) in [5.41, 5.74) is 1.08. The number of nitrogens with one attached hydrogen (secondary N) is 2. The fraction of sp³-hybridized carbons (Fsp3) is 0.273. The number of nitrogens with zero attached hydrogens (tertiary/aromatic N) is 1. The Morgan fingerprint density at radius 3 is 3.06 bits per heavy atom. The van der Waals surface area contributed by atoms with Crippen molar-refractivity contribution in [2.75, 3.05) is 13.6 Å². The number of rotatable bonds is 3. The Kier molecular flexibility index (Phi) is 3.22. The lowest BCUT2D eigenvalue weighted by atomic mass is 10.1. The van der Waals surface area contributed by atoms with Gasteiger partial charge in [-0.2, -0.15) is 4.98 Å². The summed E-state index contributed by atoms with van der Waals surface area (Å²) in [7, 11) is 1.87. The van der Waals surface area contributed by atoms with E-state index >= 15 is 0 Å². The maximum absolute atomic E-state index is 11.4. The summed E-state index contributed by atoms with van der Waals surface area (Å²) in [4.78, 5) is 18.0. The van der Waals surface area contributed by atoms with E-state index in [0.29, 0.717) is 10.5 Å². The third-order valence-corrected chi connectivity index (χ3v) is 2.71. The minimum absolute atomic E-state index is 0.355. The summed E-state index contributed by atoms with van der Waals surface area (Å²) in [6, 6.07) is 5.50. The van der Waals surface area contributed by atoms with Crippen molar-refractivity contribution in [2.45, 2.75) is 6.42 Å². The first-order valence-electron chi connectivity index (χ1n) is 5.04. The van der Waals surface area contributed by atoms with Crippen LogP contribution >= 0.6 is 11.6 Å². The number of likely N-dealkylation sites (N-methyl/N-ethyl adjacent to an activating group) is 1. The highest BCUT2D eigenvalue weighted by molar-refractivity contribution is 6.35. The third-order valence-electron chi connectivity index (χ3n) is 2.41. The Morgan fingerprint density at radius 1 is 1.50 bits per heavy atom. The van der Waals surface area contributed by atoms with Gasteiger partial charge in [-0.1, -0.05) is 23.7 Å². The lowest BCUT2D eigenvalue weighted by Crippen LogP contribution is -2.17. The average Bonchev–Trinajstić information content (AvgIpc) is 2.27. The highest BCUT2D eigenvalue weighted by Crippen LogP contribution is 2.21. The van der Waals surface area contributed by atoms with Crippen LogP contribution in [-0.4, -0.2) is 23.6 Å². The molecule has 4 nitrogen and oxygen atoms in total. The molecular weight excluding hydrogens is 226 g/mol. The molecule has 16 heavy (non-hydrogen) atoms. The van der Waals surface area contributed by atoms with Crippen LogP contribution in [-0.2, 0) is 6.42 Å². The van der Waals surface area contributed by atoms with E-state index in [9.17, 15) is 4.79 Å². The van der Waals surface area contributed by atoms with Crippen LogP contribution in [0.1, 0.15) is 5.69 Å². The maximum atomic E-state index is 11.4. The second-order valence-corrected chi connectivity index (χ2v) is 3.92. The summed E-state index contributed by atoms with van der Waals surface area (Å²) in [5, 5.41) is 4.45. The molecule has 2 N–H and O–H groups in total. The number of H-pyrrole nitrogens is 1. The molecule has 1 heterocycles. The average molecular weight is 238 g/mol. The molecule has 0 atom stereocenters. The predicted molar refractivity (Wildman–Crippen MR) is 65.0 cm³/mol. The molecule has 84 valence electrons. The van der Waals surface area contributed by atoms with E-state index < -0.39 is 0 Å². The Hall–Kier alpha value is -1.39. The zero-order chi connectivity index (χ0) is 11.5. The molecule has 5 heteroatoms. The summed E-state index contributed by atoms with van der Waals surface area (Å²) >= 11 is 6.00. The van der Waals surface area contributed by atoms with Crippen molar-refractivity contribution in [3.05, 3.63) is 39.4 Å². The van der Waals surface area contributed by atoms with Crippen LogP contribution in [0, 0.1) is 0 Å². The largest absolute Gasteiger partial charge is 0.345 e. The second kappa shape index (κ2) is 4.63. The summed E-state index contributed by atoms with van der Waals surface area (Å²) in [5.74, 6) is 0. The zero-order valence-electron chi connectivity index (χ0n) is 8.88. The lowest BCUT2D eigenvalue weighted by molar-refractivity contribution is 0.775. The van der Waals surface area contributed by atoms with Gasteiger partial charge in [-0.05, 0) is 13.1 Å². The molecule has 0 fully saturated rings. The van der Waals surface area contributed by atoms with Crippen molar-refractivity contribution in [3.63, 3.8) is 0 Å². The first kappa shape index (κ1) is 11.1. The molecule has 2 aromatic rings. The van der Waals surface area contributed by atoms with Crippen LogP contribution < -0.4 is 11.0 Å². The van der Waals surface area contributed by atoms with Crippen LogP contribution in [0.2, 0.25) is 5.02 Å². The molecule has 0 saturated heterocycles. The SMILES string of the molecule is CNCCc1[nH]c(=O)nc2c(Cl)cccc12. The predicted octanol–water partition coefficient (Wildman–Crippen LogP) is 1.34. The number of aromatic amines is 1. The standard InChI is InChI=1S/C11H12ClN3O/c1-13-6-5-9-7-3-2-4-8(12)10(7)15-11(16)14-9/h2-4,13H,5-6H2,1H3,(H,14,15,16). The minimum Gasteiger partial charge on any atom is -0.319 e. The fourth-order valence-corrected chi connectivity index (χ4v) is 1.86. The van der Waals surface area contributed by atoms with Gasteiger partial charge in [0.15, 0.2) is 0 Å². The van der Waals surface area contributed by atoms with E-state index in [2.05, 4.69) is 15.3 Å². The molecule has 0 amide bonds. The van der Waals surface area contributed by atoms with Gasteiger partial charge in [-0.15, -0.1) is 0 Å². The summed E-state index contributed by atoms with van der Waals surface area (Å²) in [6.45, 7) is 0.793. The van der Waals surface area contributed by atoms with E-state index in [1.165, 1.54) is 0 Å². The van der Waals surface area contributed by atoms with Crippen molar-refractivity contribution < 1.29 is 0 Å².